The zero-order chi connectivity index (χ0) is 49.0. The summed E-state index contributed by atoms with van der Waals surface area (Å²) >= 11 is 0. The summed E-state index contributed by atoms with van der Waals surface area (Å²) in [4.78, 5) is 98.3. The number of benzene rings is 2. The van der Waals surface area contributed by atoms with E-state index in [4.69, 9.17) is 15.2 Å². The fourth-order valence-electron chi connectivity index (χ4n) is 9.25. The first kappa shape index (κ1) is 49.6. The van der Waals surface area contributed by atoms with Gasteiger partial charge in [0.2, 0.25) is 17.7 Å². The molecule has 0 bridgehead atoms. The molecule has 4 aromatic rings. The quantitative estimate of drug-likeness (QED) is 0.0314. The van der Waals surface area contributed by atoms with Crippen molar-refractivity contribution >= 4 is 64.3 Å². The smallest absolute Gasteiger partial charge is 0.431 e. The minimum Gasteiger partial charge on any atom is -0.431 e. The number of imide groups is 1. The maximum Gasteiger partial charge on any atom is 0.508 e. The molecule has 7 amide bonds. The van der Waals surface area contributed by atoms with Crippen LogP contribution in [0.25, 0.3) is 11.0 Å². The van der Waals surface area contributed by atoms with Crippen LogP contribution in [-0.4, -0.2) is 92.4 Å². The van der Waals surface area contributed by atoms with Gasteiger partial charge >= 0.3 is 12.2 Å². The number of nitrogens with two attached hydrogens (primary N) is 1. The van der Waals surface area contributed by atoms with E-state index in [1.165, 1.54) is 23.3 Å². The number of rotatable bonds is 22. The summed E-state index contributed by atoms with van der Waals surface area (Å²) in [7, 11) is 0. The largest absolute Gasteiger partial charge is 0.508 e. The number of nitrogens with one attached hydrogen (secondary N) is 5. The lowest BCUT2D eigenvalue weighted by Gasteiger charge is -2.25. The number of nitrogens with zero attached hydrogens (tertiary/aromatic N) is 4. The van der Waals surface area contributed by atoms with Gasteiger partial charge in [-0.3, -0.25) is 28.9 Å². The molecule has 19 nitrogen and oxygen atoms in total. The highest BCUT2D eigenvalue weighted by atomic mass is 16.7. The van der Waals surface area contributed by atoms with Crippen LogP contribution in [0.4, 0.5) is 21.1 Å². The number of anilines is 2. The summed E-state index contributed by atoms with van der Waals surface area (Å²) in [6.45, 7) is 5.97. The second-order valence-corrected chi connectivity index (χ2v) is 18.4. The molecule has 1 fully saturated rings. The molecule has 0 saturated heterocycles. The third-order valence-electron chi connectivity index (χ3n) is 13.0. The first-order valence-electron chi connectivity index (χ1n) is 23.8. The van der Waals surface area contributed by atoms with Crippen LogP contribution in [0.3, 0.4) is 0 Å². The van der Waals surface area contributed by atoms with Crippen molar-refractivity contribution in [2.45, 2.75) is 122 Å². The van der Waals surface area contributed by atoms with E-state index in [9.17, 15) is 33.6 Å². The molecule has 7 N–H and O–H groups in total. The van der Waals surface area contributed by atoms with Crippen LogP contribution in [0.2, 0.25) is 0 Å². The van der Waals surface area contributed by atoms with Gasteiger partial charge in [-0.05, 0) is 91.7 Å². The second-order valence-electron chi connectivity index (χ2n) is 18.4. The molecule has 1 saturated carbocycles. The SMILES string of the molecule is CC(C)C(NC(=O)CCCCCN1C(=O)C=CC1=O)C(=O)N[C@H](CCCNC(N)=O)C(=O)Nc1ccc(COC(=O)O[C@H]2C[C@H](n3ccc4c(N[C@H]5CCc6ccccc65)ncnc43)C[C@H]2C)cc1. The number of unbranched alkanes of at least 4 members (excludes halogenated alkanes) is 2. The fourth-order valence-corrected chi connectivity index (χ4v) is 9.25. The third kappa shape index (κ3) is 13.0. The second kappa shape index (κ2) is 23.1. The minimum atomic E-state index is -1.04. The van der Waals surface area contributed by atoms with Gasteiger partial charge in [0.25, 0.3) is 11.8 Å². The summed E-state index contributed by atoms with van der Waals surface area (Å²) in [6, 6.07) is 14.8. The number of aromatic nitrogens is 3. The first-order chi connectivity index (χ1) is 33.2. The molecule has 0 radical (unpaired) electrons. The number of amides is 7. The van der Waals surface area contributed by atoms with Gasteiger partial charge in [-0.25, -0.2) is 19.6 Å². The van der Waals surface area contributed by atoms with Crippen LogP contribution in [0.15, 0.2) is 79.3 Å². The predicted molar refractivity (Wildman–Crippen MR) is 256 cm³/mol. The molecule has 2 aromatic carbocycles. The highest BCUT2D eigenvalue weighted by Gasteiger charge is 2.37. The zero-order valence-corrected chi connectivity index (χ0v) is 39.3. The Balaban J connectivity index is 0.869. The number of carbonyl (C=O) groups excluding carboxylic acids is 7. The van der Waals surface area contributed by atoms with E-state index in [0.29, 0.717) is 43.4 Å². The molecular weight excluding hydrogens is 885 g/mol. The summed E-state index contributed by atoms with van der Waals surface area (Å²) < 4.78 is 13.5. The highest BCUT2D eigenvalue weighted by molar-refractivity contribution is 6.12. The lowest BCUT2D eigenvalue weighted by molar-refractivity contribution is -0.137. The van der Waals surface area contributed by atoms with Crippen LogP contribution < -0.4 is 32.3 Å². The molecule has 0 spiro atoms. The van der Waals surface area contributed by atoms with Crippen molar-refractivity contribution in [2.24, 2.45) is 17.6 Å². The summed E-state index contributed by atoms with van der Waals surface area (Å²) in [6.07, 6.45) is 10.5. The standard InChI is InChI=1S/C50H62N10O9/c1-30(2)44(58-41(61)13-5-4-8-24-60-42(62)20-21-43(60)63)48(65)57-39(12-9-23-52-49(51)66)47(64)55-34-17-14-32(15-18-34)28-68-50(67)69-40-27-35(26-31(40)3)59-25-22-37-45(53-29-54-46(37)59)56-38-19-16-33-10-6-7-11-36(33)38/h6-7,10-11,14-15,17-18,20-22,25,29-31,35,38-40,44H,4-5,8-9,12-13,16,19,23-24,26-28H2,1-3H3,(H,55,64)(H,57,65)(H,58,61)(H3,51,52,66)(H,53,54,56)/t31-,35-,38+,39-,40+,44?/m1/s1. The van der Waals surface area contributed by atoms with Gasteiger partial charge in [0.05, 0.1) is 11.4 Å². The Bertz CT molecular complexity index is 2520. The van der Waals surface area contributed by atoms with Crippen molar-refractivity contribution in [1.29, 1.82) is 0 Å². The van der Waals surface area contributed by atoms with E-state index < -0.39 is 36.1 Å². The number of aryl methyl sites for hydroxylation is 1. The van der Waals surface area contributed by atoms with E-state index in [2.05, 4.69) is 72.3 Å². The van der Waals surface area contributed by atoms with Crippen molar-refractivity contribution < 1.29 is 43.0 Å². The number of fused-ring (bicyclic) bond motifs is 2. The van der Waals surface area contributed by atoms with E-state index >= 15 is 0 Å². The molecular formula is C50H62N10O9. The number of hydrogen-bond donors (Lipinski definition) is 6. The molecule has 2 aromatic heterocycles. The minimum absolute atomic E-state index is 0.0607. The van der Waals surface area contributed by atoms with Gasteiger partial charge in [0, 0.05) is 56.0 Å². The zero-order valence-electron chi connectivity index (χ0n) is 39.3. The first-order valence-corrected chi connectivity index (χ1v) is 23.8. The van der Waals surface area contributed by atoms with Crippen molar-refractivity contribution in [3.8, 4) is 0 Å². The maximum absolute atomic E-state index is 13.6. The van der Waals surface area contributed by atoms with Crippen molar-refractivity contribution in [1.82, 2.24) is 35.4 Å². The molecule has 19 heteroatoms. The van der Waals surface area contributed by atoms with Crippen molar-refractivity contribution in [2.75, 3.05) is 23.7 Å². The topological polar surface area (TPSA) is 258 Å². The van der Waals surface area contributed by atoms with Crippen LogP contribution in [0.5, 0.6) is 0 Å². The number of primary amides is 1. The van der Waals surface area contributed by atoms with E-state index in [0.717, 1.165) is 41.0 Å². The lowest BCUT2D eigenvalue weighted by Crippen LogP contribution is -2.54. The van der Waals surface area contributed by atoms with Crippen LogP contribution >= 0.6 is 0 Å². The summed E-state index contributed by atoms with van der Waals surface area (Å²) in [5, 5.41) is 15.4. The van der Waals surface area contributed by atoms with E-state index in [1.807, 2.05) is 12.3 Å². The van der Waals surface area contributed by atoms with Crippen LogP contribution in [0.1, 0.15) is 107 Å². The lowest BCUT2D eigenvalue weighted by atomic mass is 10.0. The Morgan fingerprint density at radius 1 is 0.884 bits per heavy atom. The summed E-state index contributed by atoms with van der Waals surface area (Å²) in [5.41, 5.74) is 9.77. The molecule has 7 rings (SSSR count). The maximum atomic E-state index is 13.6. The molecule has 3 aliphatic rings. The van der Waals surface area contributed by atoms with Crippen molar-refractivity contribution in [3.05, 3.63) is 96.0 Å². The van der Waals surface area contributed by atoms with Crippen LogP contribution in [-0.2, 0) is 46.5 Å². The molecule has 2 aliphatic carbocycles. The van der Waals surface area contributed by atoms with Gasteiger partial charge in [-0.1, -0.05) is 63.6 Å². The Morgan fingerprint density at radius 3 is 2.41 bits per heavy atom. The predicted octanol–water partition coefficient (Wildman–Crippen LogP) is 5.72. The molecule has 366 valence electrons. The van der Waals surface area contributed by atoms with E-state index in [1.54, 1.807) is 44.4 Å². The number of urea groups is 1. The highest BCUT2D eigenvalue weighted by Crippen LogP contribution is 2.40. The number of hydrogen-bond acceptors (Lipinski definition) is 12. The number of carbonyl (C=O) groups is 7. The Labute approximate surface area is 400 Å². The summed E-state index contributed by atoms with van der Waals surface area (Å²) in [5.74, 6) is -1.57. The van der Waals surface area contributed by atoms with Gasteiger partial charge in [0.15, 0.2) is 0 Å². The van der Waals surface area contributed by atoms with Gasteiger partial charge in [-0.2, -0.15) is 0 Å². The van der Waals surface area contributed by atoms with Gasteiger partial charge < -0.3 is 46.4 Å². The van der Waals surface area contributed by atoms with Crippen molar-refractivity contribution in [3.63, 3.8) is 0 Å². The van der Waals surface area contributed by atoms with Gasteiger partial charge in [-0.15, -0.1) is 0 Å². The molecule has 69 heavy (non-hydrogen) atoms. The third-order valence-corrected chi connectivity index (χ3v) is 13.0. The molecule has 1 aliphatic heterocycles. The number of ether oxygens (including phenoxy) is 2. The van der Waals surface area contributed by atoms with E-state index in [-0.39, 0.29) is 80.3 Å². The molecule has 1 unspecified atom stereocenters. The Morgan fingerprint density at radius 2 is 1.65 bits per heavy atom. The normalized spacial score (nSPS) is 19.3. The molecule has 6 atom stereocenters. The Kier molecular flexibility index (Phi) is 16.6. The monoisotopic (exact) mass is 946 g/mol. The average molecular weight is 947 g/mol. The fraction of sp³-hybridized carbons (Fsp3) is 0.460. The van der Waals surface area contributed by atoms with Gasteiger partial charge in [0.1, 0.15) is 42.6 Å². The average Bonchev–Trinajstić information content (AvgIpc) is 4.11. The Hall–Kier alpha value is -7.31. The molecule has 3 heterocycles. The van der Waals surface area contributed by atoms with Crippen LogP contribution in [0, 0.1) is 11.8 Å².